The van der Waals surface area contributed by atoms with E-state index in [4.69, 9.17) is 0 Å². The molecule has 0 aliphatic carbocycles. The summed E-state index contributed by atoms with van der Waals surface area (Å²) in [4.78, 5) is 16.0. The van der Waals surface area contributed by atoms with Crippen molar-refractivity contribution in [1.29, 1.82) is 0 Å². The van der Waals surface area contributed by atoms with Crippen molar-refractivity contribution in [1.82, 2.24) is 10.3 Å². The zero-order chi connectivity index (χ0) is 11.5. The van der Waals surface area contributed by atoms with Gasteiger partial charge in [-0.05, 0) is 25.1 Å². The van der Waals surface area contributed by atoms with Crippen molar-refractivity contribution in [3.8, 4) is 0 Å². The van der Waals surface area contributed by atoms with Crippen LogP contribution in [-0.4, -0.2) is 17.4 Å². The number of amides is 1. The largest absolute Gasteiger partial charge is 0.349 e. The lowest BCUT2D eigenvalue weighted by Crippen LogP contribution is -2.22. The Labute approximate surface area is 97.8 Å². The number of benzene rings is 1. The van der Waals surface area contributed by atoms with E-state index >= 15 is 0 Å². The van der Waals surface area contributed by atoms with Gasteiger partial charge in [-0.3, -0.25) is 4.79 Å². The quantitative estimate of drug-likeness (QED) is 0.826. The number of thiazole rings is 1. The summed E-state index contributed by atoms with van der Waals surface area (Å²) >= 11 is 1.63. The molecule has 1 N–H and O–H groups in total. The molecule has 0 aliphatic rings. The first-order valence-electron chi connectivity index (χ1n) is 4.97. The molecule has 1 heterocycles. The minimum absolute atomic E-state index is 0.0903. The zero-order valence-corrected chi connectivity index (χ0v) is 9.80. The predicted octanol–water partition coefficient (Wildman–Crippen LogP) is 2.52. The summed E-state index contributed by atoms with van der Waals surface area (Å²) < 4.78 is 1.11. The normalized spacial score (nSPS) is 10.3. The Balaban J connectivity index is 2.31. The van der Waals surface area contributed by atoms with Gasteiger partial charge in [-0.2, -0.15) is 0 Å². The highest BCUT2D eigenvalue weighted by Gasteiger charge is 2.07. The highest BCUT2D eigenvalue weighted by atomic mass is 32.1. The number of hydrogen-bond donors (Lipinski definition) is 1. The number of hydrogen-bond acceptors (Lipinski definition) is 3. The summed E-state index contributed by atoms with van der Waals surface area (Å²) in [6.07, 6.45) is 1.66. The van der Waals surface area contributed by atoms with Crippen LogP contribution in [0.15, 0.2) is 30.9 Å². The SMILES string of the molecule is C=CCNC(=O)c1ccc2sc(C)nc2c1. The number of rotatable bonds is 3. The van der Waals surface area contributed by atoms with Crippen LogP contribution in [0.1, 0.15) is 15.4 Å². The summed E-state index contributed by atoms with van der Waals surface area (Å²) in [5, 5.41) is 3.75. The van der Waals surface area contributed by atoms with Crippen LogP contribution >= 0.6 is 11.3 Å². The maximum absolute atomic E-state index is 11.7. The molecule has 1 amide bonds. The second-order valence-electron chi connectivity index (χ2n) is 3.41. The third kappa shape index (κ3) is 2.12. The molecule has 0 radical (unpaired) electrons. The van der Waals surface area contributed by atoms with E-state index in [-0.39, 0.29) is 5.91 Å². The molecule has 0 bridgehead atoms. The fourth-order valence-corrected chi connectivity index (χ4v) is 2.26. The highest BCUT2D eigenvalue weighted by molar-refractivity contribution is 7.18. The molecule has 0 saturated carbocycles. The highest BCUT2D eigenvalue weighted by Crippen LogP contribution is 2.22. The van der Waals surface area contributed by atoms with Crippen LogP contribution in [-0.2, 0) is 0 Å². The summed E-state index contributed by atoms with van der Waals surface area (Å²) in [7, 11) is 0. The fraction of sp³-hybridized carbons (Fsp3) is 0.167. The molecule has 1 aromatic heterocycles. The Morgan fingerprint density at radius 1 is 1.62 bits per heavy atom. The van der Waals surface area contributed by atoms with Gasteiger partial charge in [0.2, 0.25) is 0 Å². The monoisotopic (exact) mass is 232 g/mol. The van der Waals surface area contributed by atoms with E-state index in [0.717, 1.165) is 15.2 Å². The molecule has 0 atom stereocenters. The van der Waals surface area contributed by atoms with Crippen LogP contribution in [0.25, 0.3) is 10.2 Å². The van der Waals surface area contributed by atoms with Crippen molar-refractivity contribution < 1.29 is 4.79 Å². The molecule has 0 unspecified atom stereocenters. The van der Waals surface area contributed by atoms with Gasteiger partial charge in [0.05, 0.1) is 15.2 Å². The number of nitrogens with zero attached hydrogens (tertiary/aromatic N) is 1. The molecule has 0 spiro atoms. The van der Waals surface area contributed by atoms with Crippen molar-refractivity contribution in [3.63, 3.8) is 0 Å². The van der Waals surface area contributed by atoms with E-state index in [1.54, 1.807) is 17.4 Å². The van der Waals surface area contributed by atoms with E-state index in [2.05, 4.69) is 16.9 Å². The first-order valence-corrected chi connectivity index (χ1v) is 5.78. The van der Waals surface area contributed by atoms with Gasteiger partial charge in [-0.25, -0.2) is 4.98 Å². The summed E-state index contributed by atoms with van der Waals surface area (Å²) in [6, 6.07) is 5.57. The Morgan fingerprint density at radius 3 is 3.19 bits per heavy atom. The molecule has 82 valence electrons. The number of carbonyl (C=O) groups excluding carboxylic acids is 1. The van der Waals surface area contributed by atoms with E-state index < -0.39 is 0 Å². The lowest BCUT2D eigenvalue weighted by atomic mass is 10.2. The van der Waals surface area contributed by atoms with Crippen molar-refractivity contribution >= 4 is 27.5 Å². The van der Waals surface area contributed by atoms with Crippen molar-refractivity contribution in [3.05, 3.63) is 41.4 Å². The lowest BCUT2D eigenvalue weighted by molar-refractivity contribution is 0.0958. The number of aryl methyl sites for hydroxylation is 1. The molecule has 2 aromatic rings. The summed E-state index contributed by atoms with van der Waals surface area (Å²) in [6.45, 7) is 5.99. The van der Waals surface area contributed by atoms with Crippen molar-refractivity contribution in [2.45, 2.75) is 6.92 Å². The van der Waals surface area contributed by atoms with Gasteiger partial charge < -0.3 is 5.32 Å². The standard InChI is InChI=1S/C12H12N2OS/c1-3-6-13-12(15)9-4-5-11-10(7-9)14-8(2)16-11/h3-5,7H,1,6H2,2H3,(H,13,15). The maximum Gasteiger partial charge on any atom is 0.251 e. The Kier molecular flexibility index (Phi) is 3.01. The van der Waals surface area contributed by atoms with E-state index in [9.17, 15) is 4.79 Å². The van der Waals surface area contributed by atoms with E-state index in [0.29, 0.717) is 12.1 Å². The van der Waals surface area contributed by atoms with Crippen LogP contribution in [0, 0.1) is 6.92 Å². The first kappa shape index (κ1) is 10.8. The van der Waals surface area contributed by atoms with Crippen molar-refractivity contribution in [2.75, 3.05) is 6.54 Å². The Morgan fingerprint density at radius 2 is 2.44 bits per heavy atom. The second kappa shape index (κ2) is 4.45. The van der Waals surface area contributed by atoms with Crippen LogP contribution in [0.4, 0.5) is 0 Å². The minimum Gasteiger partial charge on any atom is -0.349 e. The third-order valence-electron chi connectivity index (χ3n) is 2.16. The molecule has 0 aliphatic heterocycles. The number of fused-ring (bicyclic) bond motifs is 1. The average molecular weight is 232 g/mol. The van der Waals surface area contributed by atoms with Gasteiger partial charge >= 0.3 is 0 Å². The van der Waals surface area contributed by atoms with Gasteiger partial charge in [-0.1, -0.05) is 6.08 Å². The van der Waals surface area contributed by atoms with E-state index in [1.807, 2.05) is 25.1 Å². The van der Waals surface area contributed by atoms with Gasteiger partial charge in [0.1, 0.15) is 0 Å². The smallest absolute Gasteiger partial charge is 0.251 e. The van der Waals surface area contributed by atoms with Gasteiger partial charge in [0.15, 0.2) is 0 Å². The molecule has 2 rings (SSSR count). The first-order chi connectivity index (χ1) is 7.70. The van der Waals surface area contributed by atoms with Crippen LogP contribution in [0.5, 0.6) is 0 Å². The molecule has 3 nitrogen and oxygen atoms in total. The van der Waals surface area contributed by atoms with Gasteiger partial charge in [-0.15, -0.1) is 17.9 Å². The molecule has 4 heteroatoms. The Bertz CT molecular complexity index is 545. The Hall–Kier alpha value is -1.68. The molecular weight excluding hydrogens is 220 g/mol. The summed E-state index contributed by atoms with van der Waals surface area (Å²) in [5.74, 6) is -0.0903. The molecular formula is C12H12N2OS. The number of aromatic nitrogens is 1. The molecule has 16 heavy (non-hydrogen) atoms. The topological polar surface area (TPSA) is 42.0 Å². The fourth-order valence-electron chi connectivity index (χ4n) is 1.45. The lowest BCUT2D eigenvalue weighted by Gasteiger charge is -2.01. The average Bonchev–Trinajstić information content (AvgIpc) is 2.64. The molecule has 0 fully saturated rings. The second-order valence-corrected chi connectivity index (χ2v) is 4.65. The number of nitrogens with one attached hydrogen (secondary N) is 1. The van der Waals surface area contributed by atoms with Crippen LogP contribution in [0.2, 0.25) is 0 Å². The zero-order valence-electron chi connectivity index (χ0n) is 8.99. The maximum atomic E-state index is 11.7. The summed E-state index contributed by atoms with van der Waals surface area (Å²) in [5.41, 5.74) is 1.52. The van der Waals surface area contributed by atoms with Gasteiger partial charge in [0, 0.05) is 12.1 Å². The van der Waals surface area contributed by atoms with Crippen molar-refractivity contribution in [2.24, 2.45) is 0 Å². The molecule has 0 saturated heterocycles. The van der Waals surface area contributed by atoms with Crippen LogP contribution < -0.4 is 5.32 Å². The number of carbonyl (C=O) groups is 1. The molecule has 1 aromatic carbocycles. The predicted molar refractivity (Wildman–Crippen MR) is 66.9 cm³/mol. The minimum atomic E-state index is -0.0903. The van der Waals surface area contributed by atoms with Gasteiger partial charge in [0.25, 0.3) is 5.91 Å². The van der Waals surface area contributed by atoms with E-state index in [1.165, 1.54) is 0 Å². The van der Waals surface area contributed by atoms with Crippen LogP contribution in [0.3, 0.4) is 0 Å². The third-order valence-corrected chi connectivity index (χ3v) is 3.12.